The van der Waals surface area contributed by atoms with Gasteiger partial charge in [0.05, 0.1) is 0 Å². The number of fused-ring (bicyclic) bond motifs is 5. The molecule has 8 rings (SSSR count). The summed E-state index contributed by atoms with van der Waals surface area (Å²) < 4.78 is 3.80. The third-order valence-electron chi connectivity index (χ3n) is 13.3. The Kier molecular flexibility index (Phi) is 10.4. The molecule has 270 valence electrons. The molecule has 0 heterocycles. The number of rotatable bonds is 4. The van der Waals surface area contributed by atoms with Crippen LogP contribution in [0.1, 0.15) is 147 Å². The minimum Gasteiger partial charge on any atom is -1.00 e. The van der Waals surface area contributed by atoms with Crippen LogP contribution in [0.3, 0.4) is 0 Å². The van der Waals surface area contributed by atoms with Crippen molar-refractivity contribution in [3.63, 3.8) is 0 Å². The third kappa shape index (κ3) is 6.48. The zero-order valence-corrected chi connectivity index (χ0v) is 37.0. The average Bonchev–Trinajstić information content (AvgIpc) is 3.71. The number of halogens is 2. The van der Waals surface area contributed by atoms with Crippen molar-refractivity contribution in [3.8, 4) is 11.1 Å². The zero-order chi connectivity index (χ0) is 35.4. The van der Waals surface area contributed by atoms with Crippen molar-refractivity contribution < 1.29 is 46.1 Å². The standard InChI is InChI=1S/C29H37.C15H14.C5H5.2ClH.Zr/c1-26(2)9-11-28(5,6)24-16-20-18(14-22(24)26)13-19-15-23-25(17-21(19)20)29(7,8)12-10-27(23,3)4;1-12-3-7-14(8-4-12)11-15-9-5-13(2)6-10-15;1-2-4-5-3-1;;;/h13-17H,9-12H2,1-8H3;3-10H,1-2H3;1-3H,4H2;2*1H;/q;;;;;+2/p-2. The van der Waals surface area contributed by atoms with E-state index in [1.807, 2.05) is 0 Å². The van der Waals surface area contributed by atoms with Crippen molar-refractivity contribution in [2.45, 2.75) is 127 Å². The molecule has 0 aliphatic heterocycles. The van der Waals surface area contributed by atoms with Gasteiger partial charge in [0.15, 0.2) is 0 Å². The average molecular weight is 807 g/mol. The molecule has 0 spiro atoms. The molecule has 4 aromatic carbocycles. The van der Waals surface area contributed by atoms with Crippen molar-refractivity contribution in [1.82, 2.24) is 0 Å². The summed E-state index contributed by atoms with van der Waals surface area (Å²) in [5.74, 6) is 0. The Balaban J connectivity index is 0.00000232. The van der Waals surface area contributed by atoms with Gasteiger partial charge >= 0.3 is 312 Å². The Hall–Kier alpha value is -2.31. The summed E-state index contributed by atoms with van der Waals surface area (Å²) in [7, 11) is 0. The third-order valence-corrected chi connectivity index (χ3v) is 21.6. The van der Waals surface area contributed by atoms with Crippen molar-refractivity contribution in [3.05, 3.63) is 150 Å². The van der Waals surface area contributed by atoms with Gasteiger partial charge in [-0.25, -0.2) is 0 Å². The van der Waals surface area contributed by atoms with E-state index in [2.05, 4.69) is 160 Å². The Morgan fingerprint density at radius 2 is 0.904 bits per heavy atom. The van der Waals surface area contributed by atoms with Gasteiger partial charge in [-0.2, -0.15) is 0 Å². The van der Waals surface area contributed by atoms with Crippen LogP contribution < -0.4 is 24.8 Å². The molecule has 0 unspecified atom stereocenters. The van der Waals surface area contributed by atoms with Crippen LogP contribution in [0.2, 0.25) is 0 Å². The van der Waals surface area contributed by atoms with E-state index in [4.69, 9.17) is 0 Å². The summed E-state index contributed by atoms with van der Waals surface area (Å²) in [6.45, 7) is 24.5. The summed E-state index contributed by atoms with van der Waals surface area (Å²) >= 11 is -2.81. The zero-order valence-electron chi connectivity index (χ0n) is 33.0. The van der Waals surface area contributed by atoms with E-state index in [0.717, 1.165) is 6.42 Å². The quantitative estimate of drug-likeness (QED) is 0.213. The number of aryl methyl sites for hydroxylation is 2. The number of benzene rings is 4. The van der Waals surface area contributed by atoms with E-state index in [9.17, 15) is 0 Å². The Morgan fingerprint density at radius 1 is 0.538 bits per heavy atom. The molecule has 4 aliphatic carbocycles. The maximum absolute atomic E-state index is 2.81. The van der Waals surface area contributed by atoms with E-state index < -0.39 is 21.3 Å². The van der Waals surface area contributed by atoms with Gasteiger partial charge in [-0.1, -0.05) is 0 Å². The Labute approximate surface area is 334 Å². The predicted molar refractivity (Wildman–Crippen MR) is 212 cm³/mol. The first-order chi connectivity index (χ1) is 23.6. The molecule has 0 fully saturated rings. The van der Waals surface area contributed by atoms with E-state index in [0.29, 0.717) is 3.63 Å². The van der Waals surface area contributed by atoms with Gasteiger partial charge in [-0.05, 0) is 0 Å². The normalized spacial score (nSPS) is 19.4. The summed E-state index contributed by atoms with van der Waals surface area (Å²) in [6.07, 6.45) is 13.4. The number of hydrogen-bond donors (Lipinski definition) is 0. The maximum Gasteiger partial charge on any atom is -1.00 e. The van der Waals surface area contributed by atoms with Crippen LogP contribution in [0.15, 0.2) is 94.3 Å². The van der Waals surface area contributed by atoms with Gasteiger partial charge in [0.25, 0.3) is 0 Å². The van der Waals surface area contributed by atoms with Gasteiger partial charge in [0, 0.05) is 0 Å². The van der Waals surface area contributed by atoms with Gasteiger partial charge < -0.3 is 24.8 Å². The van der Waals surface area contributed by atoms with Crippen LogP contribution in [-0.2, 0) is 42.9 Å². The SMILES string of the molecule is Cc1ccc([C](c2ccc(C)cc2)=[Zr+2]([C]2=CC=CC2)[CH]2c3cc4c(cc3-c3cc5c(cc32)C(C)(C)CCC5(C)C)C(C)(C)CCC4(C)C)cc1.[Cl-].[Cl-]. The predicted octanol–water partition coefficient (Wildman–Crippen LogP) is 6.81. The van der Waals surface area contributed by atoms with Gasteiger partial charge in [-0.3, -0.25) is 0 Å². The first-order valence-corrected chi connectivity index (χ1v) is 23.1. The van der Waals surface area contributed by atoms with Crippen LogP contribution in [0.5, 0.6) is 0 Å². The molecule has 0 nitrogen and oxygen atoms in total. The molecule has 0 atom stereocenters. The minimum atomic E-state index is -2.81. The van der Waals surface area contributed by atoms with E-state index in [1.54, 1.807) is 39.9 Å². The second kappa shape index (κ2) is 13.8. The second-order valence-corrected chi connectivity index (χ2v) is 25.0. The molecule has 0 bridgehead atoms. The van der Waals surface area contributed by atoms with Crippen LogP contribution in [0.4, 0.5) is 0 Å². The molecule has 0 amide bonds. The fourth-order valence-corrected chi connectivity index (χ4v) is 18.7. The van der Waals surface area contributed by atoms with E-state index in [-0.39, 0.29) is 46.5 Å². The smallest absolute Gasteiger partial charge is 1.00 e. The summed E-state index contributed by atoms with van der Waals surface area (Å²) in [5, 5.41) is 0. The Morgan fingerprint density at radius 3 is 1.25 bits per heavy atom. The van der Waals surface area contributed by atoms with Crippen LogP contribution in [0, 0.1) is 13.8 Å². The number of allylic oxidation sites excluding steroid dienone is 4. The van der Waals surface area contributed by atoms with Gasteiger partial charge in [0.1, 0.15) is 0 Å². The molecule has 0 aromatic heterocycles. The molecule has 0 radical (unpaired) electrons. The maximum atomic E-state index is 2.76. The topological polar surface area (TPSA) is 0 Å². The molecule has 0 saturated carbocycles. The fourth-order valence-electron chi connectivity index (χ4n) is 9.74. The molecule has 4 aliphatic rings. The second-order valence-electron chi connectivity index (χ2n) is 18.8. The van der Waals surface area contributed by atoms with Crippen molar-refractivity contribution >= 4 is 3.21 Å². The largest absolute Gasteiger partial charge is 1.00 e. The summed E-state index contributed by atoms with van der Waals surface area (Å²) in [5.41, 5.74) is 18.9. The van der Waals surface area contributed by atoms with Gasteiger partial charge in [0.2, 0.25) is 0 Å². The van der Waals surface area contributed by atoms with Crippen molar-refractivity contribution in [1.29, 1.82) is 0 Å². The molecule has 0 saturated heterocycles. The van der Waals surface area contributed by atoms with E-state index in [1.165, 1.54) is 59.1 Å². The van der Waals surface area contributed by atoms with Crippen molar-refractivity contribution in [2.75, 3.05) is 0 Å². The first-order valence-electron chi connectivity index (χ1n) is 19.2. The minimum absolute atomic E-state index is 0. The first kappa shape index (κ1) is 39.4. The molecular weight excluding hydrogens is 751 g/mol. The molecular formula is C49H56Cl2Zr. The van der Waals surface area contributed by atoms with Crippen LogP contribution in [0.25, 0.3) is 11.1 Å². The van der Waals surface area contributed by atoms with E-state index >= 15 is 0 Å². The monoisotopic (exact) mass is 804 g/mol. The summed E-state index contributed by atoms with van der Waals surface area (Å²) in [6, 6.07) is 30.0. The van der Waals surface area contributed by atoms with Crippen molar-refractivity contribution in [2.24, 2.45) is 0 Å². The molecule has 4 aromatic rings. The number of hydrogen-bond acceptors (Lipinski definition) is 0. The molecule has 0 N–H and O–H groups in total. The molecule has 52 heavy (non-hydrogen) atoms. The van der Waals surface area contributed by atoms with Gasteiger partial charge in [-0.15, -0.1) is 0 Å². The molecule has 3 heteroatoms. The van der Waals surface area contributed by atoms with Crippen LogP contribution >= 0.6 is 0 Å². The van der Waals surface area contributed by atoms with Crippen LogP contribution in [-0.4, -0.2) is 3.21 Å². The Bertz CT molecular complexity index is 2000. The summed E-state index contributed by atoms with van der Waals surface area (Å²) in [4.78, 5) is 0. The fraction of sp³-hybridized carbons (Fsp3) is 0.408.